The van der Waals surface area contributed by atoms with E-state index in [9.17, 15) is 9.18 Å². The summed E-state index contributed by atoms with van der Waals surface area (Å²) in [5.41, 5.74) is 1.65. The van der Waals surface area contributed by atoms with E-state index in [4.69, 9.17) is 0 Å². The number of carbonyl (C=O) groups excluding carboxylic acids is 1. The minimum absolute atomic E-state index is 0.113. The van der Waals surface area contributed by atoms with Gasteiger partial charge in [-0.05, 0) is 24.3 Å². The highest BCUT2D eigenvalue weighted by molar-refractivity contribution is 7.14. The predicted molar refractivity (Wildman–Crippen MR) is 96.8 cm³/mol. The van der Waals surface area contributed by atoms with Crippen LogP contribution in [0, 0.1) is 5.13 Å². The summed E-state index contributed by atoms with van der Waals surface area (Å²) in [6.45, 7) is 0. The van der Waals surface area contributed by atoms with Crippen LogP contribution < -0.4 is 5.32 Å². The molecule has 0 spiro atoms. The first-order valence-corrected chi connectivity index (χ1v) is 8.51. The fourth-order valence-corrected chi connectivity index (χ4v) is 3.13. The van der Waals surface area contributed by atoms with Crippen molar-refractivity contribution in [3.05, 3.63) is 78.1 Å². The Morgan fingerprint density at radius 3 is 2.69 bits per heavy atom. The van der Waals surface area contributed by atoms with Crippen LogP contribution >= 0.6 is 11.3 Å². The Kier molecular flexibility index (Phi) is 4.24. The minimum Gasteiger partial charge on any atom is -0.296 e. The summed E-state index contributed by atoms with van der Waals surface area (Å²) < 4.78 is 15.8. The highest BCUT2D eigenvalue weighted by atomic mass is 32.1. The molecular formula is C18H12FN5OS. The van der Waals surface area contributed by atoms with Crippen LogP contribution in [0.1, 0.15) is 10.5 Å². The van der Waals surface area contributed by atoms with Gasteiger partial charge in [0.15, 0.2) is 5.13 Å². The topological polar surface area (TPSA) is 72.7 Å². The molecule has 1 amide bonds. The zero-order chi connectivity index (χ0) is 17.9. The number of hydrogen-bond donors (Lipinski definition) is 1. The van der Waals surface area contributed by atoms with Crippen LogP contribution in [0.3, 0.4) is 0 Å². The summed E-state index contributed by atoms with van der Waals surface area (Å²) in [5, 5.41) is 2.28. The molecule has 3 heterocycles. The molecule has 0 aliphatic carbocycles. The van der Waals surface area contributed by atoms with Gasteiger partial charge in [-0.15, -0.1) is 0 Å². The molecule has 4 aromatic rings. The molecule has 0 aliphatic heterocycles. The van der Waals surface area contributed by atoms with Crippen LogP contribution in [-0.4, -0.2) is 25.4 Å². The van der Waals surface area contributed by atoms with Crippen LogP contribution in [0.4, 0.5) is 9.52 Å². The van der Waals surface area contributed by atoms with E-state index >= 15 is 0 Å². The van der Waals surface area contributed by atoms with Crippen LogP contribution in [-0.2, 0) is 0 Å². The van der Waals surface area contributed by atoms with Gasteiger partial charge in [0.2, 0.25) is 5.13 Å². The molecule has 0 radical (unpaired) electrons. The Bertz CT molecular complexity index is 1050. The number of anilines is 1. The Morgan fingerprint density at radius 1 is 1.12 bits per heavy atom. The molecule has 8 heteroatoms. The lowest BCUT2D eigenvalue weighted by Crippen LogP contribution is -2.15. The van der Waals surface area contributed by atoms with Gasteiger partial charge in [0.05, 0.1) is 18.2 Å². The number of hydrogen-bond acceptors (Lipinski definition) is 5. The average Bonchev–Trinajstić information content (AvgIpc) is 3.30. The second kappa shape index (κ2) is 6.85. The van der Waals surface area contributed by atoms with Crippen molar-refractivity contribution in [2.45, 2.75) is 0 Å². The Balaban J connectivity index is 1.60. The second-order valence-electron chi connectivity index (χ2n) is 5.29. The van der Waals surface area contributed by atoms with E-state index in [1.54, 1.807) is 35.3 Å². The molecule has 0 fully saturated rings. The molecule has 0 unspecified atom stereocenters. The highest BCUT2D eigenvalue weighted by Gasteiger charge is 2.18. The van der Waals surface area contributed by atoms with Crippen molar-refractivity contribution >= 4 is 22.4 Å². The standard InChI is InChI=1S/C18H12FN5OS/c19-16-15(13-8-4-5-9-21-13)22-18(26-16)23-17(25)14-10-20-11-24(14)12-6-2-1-3-7-12/h1-11H,(H,22,23,25). The number of pyridine rings is 1. The van der Waals surface area contributed by atoms with Gasteiger partial charge in [-0.2, -0.15) is 4.39 Å². The quantitative estimate of drug-likeness (QED) is 0.597. The zero-order valence-corrected chi connectivity index (χ0v) is 14.2. The maximum atomic E-state index is 14.2. The number of nitrogens with zero attached hydrogens (tertiary/aromatic N) is 4. The smallest absolute Gasteiger partial charge is 0.276 e. The number of amides is 1. The van der Waals surface area contributed by atoms with E-state index in [1.165, 1.54) is 6.20 Å². The summed E-state index contributed by atoms with van der Waals surface area (Å²) in [5.74, 6) is -0.423. The van der Waals surface area contributed by atoms with Gasteiger partial charge in [0.25, 0.3) is 5.91 Å². The number of aromatic nitrogens is 4. The largest absolute Gasteiger partial charge is 0.296 e. The first-order valence-electron chi connectivity index (χ1n) is 7.69. The first-order chi connectivity index (χ1) is 12.7. The number of carbonyl (C=O) groups is 1. The number of halogens is 1. The molecule has 0 aliphatic rings. The number of thiazole rings is 1. The van der Waals surface area contributed by atoms with Crippen molar-refractivity contribution in [1.29, 1.82) is 0 Å². The van der Waals surface area contributed by atoms with Crippen molar-refractivity contribution in [2.75, 3.05) is 5.32 Å². The van der Waals surface area contributed by atoms with Crippen molar-refractivity contribution in [1.82, 2.24) is 19.5 Å². The lowest BCUT2D eigenvalue weighted by Gasteiger charge is -2.07. The van der Waals surface area contributed by atoms with Crippen LogP contribution in [0.15, 0.2) is 67.3 Å². The molecule has 4 rings (SSSR count). The van der Waals surface area contributed by atoms with Gasteiger partial charge in [-0.1, -0.05) is 35.6 Å². The van der Waals surface area contributed by atoms with Crippen LogP contribution in [0.25, 0.3) is 17.1 Å². The lowest BCUT2D eigenvalue weighted by atomic mass is 10.3. The third kappa shape index (κ3) is 3.09. The van der Waals surface area contributed by atoms with Crippen molar-refractivity contribution in [3.63, 3.8) is 0 Å². The molecule has 1 N–H and O–H groups in total. The summed E-state index contributed by atoms with van der Waals surface area (Å²) in [4.78, 5) is 24.9. The SMILES string of the molecule is O=C(Nc1nc(-c2ccccn2)c(F)s1)c1cncn1-c1ccccc1. The number of benzene rings is 1. The van der Waals surface area contributed by atoms with Gasteiger partial charge >= 0.3 is 0 Å². The molecule has 0 atom stereocenters. The normalized spacial score (nSPS) is 10.7. The highest BCUT2D eigenvalue weighted by Crippen LogP contribution is 2.28. The summed E-state index contributed by atoms with van der Waals surface area (Å²) >= 11 is 0.757. The fraction of sp³-hybridized carbons (Fsp3) is 0. The molecule has 1 aromatic carbocycles. The van der Waals surface area contributed by atoms with Crippen LogP contribution in [0.2, 0.25) is 0 Å². The predicted octanol–water partition coefficient (Wildman–Crippen LogP) is 3.78. The second-order valence-corrected chi connectivity index (χ2v) is 6.24. The van der Waals surface area contributed by atoms with Crippen molar-refractivity contribution in [2.24, 2.45) is 0 Å². The lowest BCUT2D eigenvalue weighted by molar-refractivity contribution is 0.102. The number of para-hydroxylation sites is 1. The number of imidazole rings is 1. The molecular weight excluding hydrogens is 353 g/mol. The summed E-state index contributed by atoms with van der Waals surface area (Å²) in [6.07, 6.45) is 4.56. The van der Waals surface area contributed by atoms with E-state index in [2.05, 4.69) is 20.3 Å². The van der Waals surface area contributed by atoms with E-state index in [1.807, 2.05) is 30.3 Å². The van der Waals surface area contributed by atoms with Gasteiger partial charge in [0.1, 0.15) is 11.4 Å². The Labute approximate surface area is 152 Å². The summed E-state index contributed by atoms with van der Waals surface area (Å²) in [6, 6.07) is 14.5. The van der Waals surface area contributed by atoms with Crippen LogP contribution in [0.5, 0.6) is 0 Å². The average molecular weight is 365 g/mol. The monoisotopic (exact) mass is 365 g/mol. The molecule has 0 saturated carbocycles. The minimum atomic E-state index is -0.504. The molecule has 3 aromatic heterocycles. The van der Waals surface area contributed by atoms with Gasteiger partial charge in [-0.3, -0.25) is 19.7 Å². The Morgan fingerprint density at radius 2 is 1.92 bits per heavy atom. The zero-order valence-electron chi connectivity index (χ0n) is 13.3. The molecule has 0 saturated heterocycles. The molecule has 26 heavy (non-hydrogen) atoms. The van der Waals surface area contributed by atoms with Crippen molar-refractivity contribution < 1.29 is 9.18 Å². The maximum Gasteiger partial charge on any atom is 0.276 e. The number of nitrogens with one attached hydrogen (secondary N) is 1. The maximum absolute atomic E-state index is 14.2. The first kappa shape index (κ1) is 16.1. The molecule has 0 bridgehead atoms. The van der Waals surface area contributed by atoms with Crippen molar-refractivity contribution in [3.8, 4) is 17.1 Å². The third-order valence-corrected chi connectivity index (χ3v) is 4.38. The van der Waals surface area contributed by atoms with E-state index in [0.717, 1.165) is 17.0 Å². The van der Waals surface area contributed by atoms with E-state index < -0.39 is 11.0 Å². The summed E-state index contributed by atoms with van der Waals surface area (Å²) in [7, 11) is 0. The van der Waals surface area contributed by atoms with E-state index in [0.29, 0.717) is 11.4 Å². The Hall–Kier alpha value is -3.39. The van der Waals surface area contributed by atoms with Gasteiger partial charge in [-0.25, -0.2) is 9.97 Å². The molecule has 128 valence electrons. The van der Waals surface area contributed by atoms with E-state index in [-0.39, 0.29) is 10.8 Å². The number of rotatable bonds is 4. The van der Waals surface area contributed by atoms with Gasteiger partial charge in [0, 0.05) is 11.9 Å². The van der Waals surface area contributed by atoms with Gasteiger partial charge < -0.3 is 0 Å². The fourth-order valence-electron chi connectivity index (χ4n) is 2.43. The molecule has 6 nitrogen and oxygen atoms in total. The third-order valence-electron chi connectivity index (χ3n) is 3.62.